The molecule has 5 heteroatoms. The minimum atomic E-state index is 0.423. The summed E-state index contributed by atoms with van der Waals surface area (Å²) in [6.45, 7) is 5.99. The number of hydrogen-bond acceptors (Lipinski definition) is 3. The highest BCUT2D eigenvalue weighted by atomic mass is 15.3. The first kappa shape index (κ1) is 12.8. The summed E-state index contributed by atoms with van der Waals surface area (Å²) < 4.78 is 4.03. The molecule has 98 valence electrons. The second-order valence-corrected chi connectivity index (χ2v) is 4.76. The summed E-state index contributed by atoms with van der Waals surface area (Å²) >= 11 is 0. The third-order valence-electron chi connectivity index (χ3n) is 2.95. The van der Waals surface area contributed by atoms with Crippen molar-refractivity contribution in [2.45, 2.75) is 32.9 Å². The zero-order chi connectivity index (χ0) is 13.0. The lowest BCUT2D eigenvalue weighted by molar-refractivity contribution is 0.521. The van der Waals surface area contributed by atoms with Gasteiger partial charge >= 0.3 is 0 Å². The summed E-state index contributed by atoms with van der Waals surface area (Å²) in [7, 11) is 2.02. The molecule has 2 rings (SSSR count). The average Bonchev–Trinajstić information content (AvgIpc) is 2.94. The summed E-state index contributed by atoms with van der Waals surface area (Å²) in [6.07, 6.45) is 6.77. The van der Waals surface area contributed by atoms with Crippen molar-refractivity contribution in [3.8, 4) is 0 Å². The standard InChI is InChI=1S/C13H21N5/c1-11(2)18-8-5-12(16-18)10-14-6-4-13-15-7-9-17(13)3/h5,7-9,11,14H,4,6,10H2,1-3H3. The number of hydrogen-bond donors (Lipinski definition) is 1. The van der Waals surface area contributed by atoms with E-state index < -0.39 is 0 Å². The maximum atomic E-state index is 4.50. The zero-order valence-electron chi connectivity index (χ0n) is 11.3. The molecule has 0 aliphatic heterocycles. The van der Waals surface area contributed by atoms with Gasteiger partial charge in [-0.15, -0.1) is 0 Å². The Hall–Kier alpha value is -1.62. The lowest BCUT2D eigenvalue weighted by Gasteiger charge is -2.05. The van der Waals surface area contributed by atoms with Crippen LogP contribution in [0, 0.1) is 0 Å². The number of nitrogens with one attached hydrogen (secondary N) is 1. The van der Waals surface area contributed by atoms with Gasteiger partial charge in [0.05, 0.1) is 5.69 Å². The Balaban J connectivity index is 1.73. The molecule has 0 bridgehead atoms. The molecular weight excluding hydrogens is 226 g/mol. The van der Waals surface area contributed by atoms with Crippen molar-refractivity contribution in [3.05, 3.63) is 36.2 Å². The van der Waals surface area contributed by atoms with E-state index in [1.54, 1.807) is 0 Å². The van der Waals surface area contributed by atoms with Crippen LogP contribution >= 0.6 is 0 Å². The number of aryl methyl sites for hydroxylation is 1. The molecule has 0 atom stereocenters. The van der Waals surface area contributed by atoms with Gasteiger partial charge in [0.2, 0.25) is 0 Å². The van der Waals surface area contributed by atoms with E-state index in [1.165, 1.54) is 0 Å². The number of imidazole rings is 1. The molecule has 0 spiro atoms. The SMILES string of the molecule is CC(C)n1ccc(CNCCc2nccn2C)n1. The van der Waals surface area contributed by atoms with Gasteiger partial charge in [0.25, 0.3) is 0 Å². The number of nitrogens with zero attached hydrogens (tertiary/aromatic N) is 4. The third-order valence-corrected chi connectivity index (χ3v) is 2.95. The minimum Gasteiger partial charge on any atom is -0.338 e. The molecule has 0 aromatic carbocycles. The molecule has 0 amide bonds. The van der Waals surface area contributed by atoms with Crippen LogP contribution in [0.25, 0.3) is 0 Å². The third kappa shape index (κ3) is 3.20. The number of rotatable bonds is 6. The Morgan fingerprint density at radius 2 is 2.17 bits per heavy atom. The van der Waals surface area contributed by atoms with E-state index in [4.69, 9.17) is 0 Å². The van der Waals surface area contributed by atoms with E-state index in [-0.39, 0.29) is 0 Å². The topological polar surface area (TPSA) is 47.7 Å². The van der Waals surface area contributed by atoms with Gasteiger partial charge in [0.15, 0.2) is 0 Å². The molecule has 0 saturated heterocycles. The normalized spacial score (nSPS) is 11.3. The fraction of sp³-hybridized carbons (Fsp3) is 0.538. The van der Waals surface area contributed by atoms with E-state index >= 15 is 0 Å². The van der Waals surface area contributed by atoms with Gasteiger partial charge in [0.1, 0.15) is 5.82 Å². The lowest BCUT2D eigenvalue weighted by atomic mass is 10.3. The highest BCUT2D eigenvalue weighted by Crippen LogP contribution is 2.03. The molecule has 2 aromatic heterocycles. The Morgan fingerprint density at radius 1 is 1.33 bits per heavy atom. The molecule has 0 fully saturated rings. The summed E-state index contributed by atoms with van der Waals surface area (Å²) in [6, 6.07) is 2.49. The van der Waals surface area contributed by atoms with Gasteiger partial charge in [-0.25, -0.2) is 4.98 Å². The van der Waals surface area contributed by atoms with Crippen LogP contribution in [0.1, 0.15) is 31.4 Å². The summed E-state index contributed by atoms with van der Waals surface area (Å²) in [5.41, 5.74) is 1.09. The first-order valence-electron chi connectivity index (χ1n) is 6.38. The monoisotopic (exact) mass is 247 g/mol. The highest BCUT2D eigenvalue weighted by Gasteiger charge is 2.02. The minimum absolute atomic E-state index is 0.423. The summed E-state index contributed by atoms with van der Waals surface area (Å²) in [5.74, 6) is 1.11. The molecule has 2 heterocycles. The molecule has 2 aromatic rings. The molecule has 18 heavy (non-hydrogen) atoms. The lowest BCUT2D eigenvalue weighted by Crippen LogP contribution is -2.18. The van der Waals surface area contributed by atoms with Crippen molar-refractivity contribution in [1.82, 2.24) is 24.6 Å². The maximum absolute atomic E-state index is 4.50. The second-order valence-electron chi connectivity index (χ2n) is 4.76. The first-order valence-corrected chi connectivity index (χ1v) is 6.38. The molecule has 5 nitrogen and oxygen atoms in total. The fourth-order valence-corrected chi connectivity index (χ4v) is 1.81. The average molecular weight is 247 g/mol. The van der Waals surface area contributed by atoms with E-state index in [2.05, 4.69) is 39.9 Å². The quantitative estimate of drug-likeness (QED) is 0.788. The Morgan fingerprint density at radius 3 is 2.78 bits per heavy atom. The van der Waals surface area contributed by atoms with Crippen molar-refractivity contribution >= 4 is 0 Å². The second kappa shape index (κ2) is 5.82. The smallest absolute Gasteiger partial charge is 0.109 e. The van der Waals surface area contributed by atoms with E-state index in [1.807, 2.05) is 30.3 Å². The Kier molecular flexibility index (Phi) is 4.15. The molecular formula is C13H21N5. The van der Waals surface area contributed by atoms with Crippen molar-refractivity contribution in [3.63, 3.8) is 0 Å². The summed E-state index contributed by atoms with van der Waals surface area (Å²) in [4.78, 5) is 4.29. The molecule has 0 unspecified atom stereocenters. The van der Waals surface area contributed by atoms with Gasteiger partial charge in [0, 0.05) is 51.2 Å². The van der Waals surface area contributed by atoms with E-state index in [0.717, 1.165) is 31.0 Å². The molecule has 0 aliphatic carbocycles. The molecule has 1 N–H and O–H groups in total. The van der Waals surface area contributed by atoms with Crippen LogP contribution in [0.4, 0.5) is 0 Å². The van der Waals surface area contributed by atoms with Crippen molar-refractivity contribution < 1.29 is 0 Å². The van der Waals surface area contributed by atoms with Crippen molar-refractivity contribution in [2.75, 3.05) is 6.54 Å². The summed E-state index contributed by atoms with van der Waals surface area (Å²) in [5, 5.41) is 7.89. The van der Waals surface area contributed by atoms with Gasteiger partial charge in [-0.05, 0) is 19.9 Å². The Labute approximate surface area is 108 Å². The predicted octanol–water partition coefficient (Wildman–Crippen LogP) is 1.53. The van der Waals surface area contributed by atoms with Crippen LogP contribution in [-0.4, -0.2) is 25.9 Å². The van der Waals surface area contributed by atoms with Crippen LogP contribution < -0.4 is 5.32 Å². The molecule has 0 aliphatic rings. The van der Waals surface area contributed by atoms with Gasteiger partial charge in [-0.2, -0.15) is 5.10 Å². The van der Waals surface area contributed by atoms with Crippen molar-refractivity contribution in [1.29, 1.82) is 0 Å². The Bertz CT molecular complexity index is 483. The van der Waals surface area contributed by atoms with Crippen LogP contribution in [0.5, 0.6) is 0 Å². The van der Waals surface area contributed by atoms with Crippen LogP contribution in [0.15, 0.2) is 24.7 Å². The van der Waals surface area contributed by atoms with E-state index in [0.29, 0.717) is 6.04 Å². The van der Waals surface area contributed by atoms with Crippen LogP contribution in [-0.2, 0) is 20.0 Å². The predicted molar refractivity (Wildman–Crippen MR) is 71.2 cm³/mol. The fourth-order valence-electron chi connectivity index (χ4n) is 1.81. The van der Waals surface area contributed by atoms with Crippen molar-refractivity contribution in [2.24, 2.45) is 7.05 Å². The maximum Gasteiger partial charge on any atom is 0.109 e. The largest absolute Gasteiger partial charge is 0.338 e. The number of aromatic nitrogens is 4. The van der Waals surface area contributed by atoms with E-state index in [9.17, 15) is 0 Å². The zero-order valence-corrected chi connectivity index (χ0v) is 11.3. The van der Waals surface area contributed by atoms with Gasteiger partial charge < -0.3 is 9.88 Å². The first-order chi connectivity index (χ1) is 8.66. The van der Waals surface area contributed by atoms with Gasteiger partial charge in [-0.1, -0.05) is 0 Å². The van der Waals surface area contributed by atoms with Gasteiger partial charge in [-0.3, -0.25) is 4.68 Å². The highest BCUT2D eigenvalue weighted by molar-refractivity contribution is 4.99. The van der Waals surface area contributed by atoms with Crippen LogP contribution in [0.3, 0.4) is 0 Å². The molecule has 0 saturated carbocycles. The van der Waals surface area contributed by atoms with Crippen LogP contribution in [0.2, 0.25) is 0 Å². The molecule has 0 radical (unpaired) electrons.